The van der Waals surface area contributed by atoms with E-state index in [1.807, 2.05) is 19.2 Å². The number of ether oxygens (including phenoxy) is 1. The van der Waals surface area contributed by atoms with Crippen LogP contribution in [0.2, 0.25) is 0 Å². The summed E-state index contributed by atoms with van der Waals surface area (Å²) < 4.78 is 5.50. The van der Waals surface area contributed by atoms with Gasteiger partial charge in [0.2, 0.25) is 0 Å². The molecule has 0 unspecified atom stereocenters. The zero-order valence-corrected chi connectivity index (χ0v) is 13.2. The van der Waals surface area contributed by atoms with E-state index in [9.17, 15) is 9.59 Å². The number of nitrogens with zero attached hydrogens (tertiary/aromatic N) is 2. The van der Waals surface area contributed by atoms with Gasteiger partial charge in [0, 0.05) is 12.0 Å². The van der Waals surface area contributed by atoms with Crippen molar-refractivity contribution in [1.82, 2.24) is 9.88 Å². The molecule has 0 spiro atoms. The standard InChI is InChI=1S/C16H16N2O3S/c1-3-21-10(2)14-17-11(9-22-14)8-18-15(19)12-6-4-5-7-13(12)16(18)20/h4-7,9-10H,3,8H2,1-2H3/t10-/m1/s1. The normalized spacial score (nSPS) is 15.3. The number of amides is 2. The molecule has 1 aliphatic heterocycles. The molecule has 2 amide bonds. The van der Waals surface area contributed by atoms with Crippen molar-refractivity contribution in [1.29, 1.82) is 0 Å². The molecule has 3 rings (SSSR count). The van der Waals surface area contributed by atoms with E-state index in [-0.39, 0.29) is 24.5 Å². The summed E-state index contributed by atoms with van der Waals surface area (Å²) in [4.78, 5) is 30.3. The molecule has 0 saturated carbocycles. The maximum absolute atomic E-state index is 12.3. The maximum Gasteiger partial charge on any atom is 0.261 e. The molecule has 1 aromatic carbocycles. The van der Waals surface area contributed by atoms with Crippen molar-refractivity contribution in [2.24, 2.45) is 0 Å². The summed E-state index contributed by atoms with van der Waals surface area (Å²) in [6.07, 6.45) is -0.0778. The predicted octanol–water partition coefficient (Wildman–Crippen LogP) is 3.04. The van der Waals surface area contributed by atoms with Crippen LogP contribution in [-0.2, 0) is 11.3 Å². The van der Waals surface area contributed by atoms with Crippen molar-refractivity contribution in [3.63, 3.8) is 0 Å². The summed E-state index contributed by atoms with van der Waals surface area (Å²) in [5.41, 5.74) is 1.64. The van der Waals surface area contributed by atoms with Gasteiger partial charge >= 0.3 is 0 Å². The molecule has 1 aliphatic rings. The third-order valence-electron chi connectivity index (χ3n) is 3.53. The van der Waals surface area contributed by atoms with Crippen LogP contribution in [0.25, 0.3) is 0 Å². The van der Waals surface area contributed by atoms with E-state index in [2.05, 4.69) is 4.98 Å². The first-order valence-corrected chi connectivity index (χ1v) is 8.01. The van der Waals surface area contributed by atoms with Gasteiger partial charge in [0.05, 0.1) is 23.4 Å². The molecule has 1 aromatic heterocycles. The van der Waals surface area contributed by atoms with E-state index in [1.165, 1.54) is 16.2 Å². The van der Waals surface area contributed by atoms with Crippen molar-refractivity contribution in [3.05, 3.63) is 51.5 Å². The first-order valence-electron chi connectivity index (χ1n) is 7.13. The molecule has 114 valence electrons. The van der Waals surface area contributed by atoms with Gasteiger partial charge in [-0.15, -0.1) is 11.3 Å². The molecule has 0 aliphatic carbocycles. The van der Waals surface area contributed by atoms with Crippen LogP contribution >= 0.6 is 11.3 Å². The van der Waals surface area contributed by atoms with Crippen LogP contribution in [0, 0.1) is 0 Å². The van der Waals surface area contributed by atoms with Gasteiger partial charge in [0.1, 0.15) is 11.1 Å². The third-order valence-corrected chi connectivity index (χ3v) is 4.59. The van der Waals surface area contributed by atoms with Gasteiger partial charge in [-0.2, -0.15) is 0 Å². The van der Waals surface area contributed by atoms with Crippen molar-refractivity contribution < 1.29 is 14.3 Å². The summed E-state index contributed by atoms with van der Waals surface area (Å²) in [5.74, 6) is -0.513. The fourth-order valence-electron chi connectivity index (χ4n) is 2.45. The molecule has 0 N–H and O–H groups in total. The van der Waals surface area contributed by atoms with Crippen LogP contribution in [0.5, 0.6) is 0 Å². The molecule has 0 bridgehead atoms. The van der Waals surface area contributed by atoms with Gasteiger partial charge in [-0.1, -0.05) is 12.1 Å². The summed E-state index contributed by atoms with van der Waals surface area (Å²) in [5, 5.41) is 2.72. The average molecular weight is 316 g/mol. The quantitative estimate of drug-likeness (QED) is 0.796. The van der Waals surface area contributed by atoms with Crippen LogP contribution < -0.4 is 0 Å². The van der Waals surface area contributed by atoms with E-state index in [4.69, 9.17) is 4.74 Å². The van der Waals surface area contributed by atoms with Crippen LogP contribution in [0.15, 0.2) is 29.6 Å². The molecule has 2 heterocycles. The van der Waals surface area contributed by atoms with Gasteiger partial charge in [-0.3, -0.25) is 14.5 Å². The Hall–Kier alpha value is -2.05. The van der Waals surface area contributed by atoms with Crippen LogP contribution in [0.4, 0.5) is 0 Å². The Morgan fingerprint density at radius 2 is 1.86 bits per heavy atom. The number of hydrogen-bond donors (Lipinski definition) is 0. The Morgan fingerprint density at radius 1 is 1.23 bits per heavy atom. The first kappa shape index (κ1) is 14.9. The fraction of sp³-hybridized carbons (Fsp3) is 0.312. The summed E-state index contributed by atoms with van der Waals surface area (Å²) in [6, 6.07) is 6.88. The SMILES string of the molecule is CCO[C@H](C)c1nc(CN2C(=O)c3ccccc3C2=O)cs1. The third kappa shape index (κ3) is 2.55. The van der Waals surface area contributed by atoms with Crippen molar-refractivity contribution in [2.45, 2.75) is 26.5 Å². The zero-order valence-electron chi connectivity index (χ0n) is 12.4. The molecule has 0 fully saturated rings. The maximum atomic E-state index is 12.3. The highest BCUT2D eigenvalue weighted by Crippen LogP contribution is 2.26. The van der Waals surface area contributed by atoms with E-state index < -0.39 is 0 Å². The lowest BCUT2D eigenvalue weighted by molar-refractivity contribution is 0.0639. The number of carbonyl (C=O) groups is 2. The van der Waals surface area contributed by atoms with Crippen molar-refractivity contribution >= 4 is 23.2 Å². The van der Waals surface area contributed by atoms with Gasteiger partial charge in [0.25, 0.3) is 11.8 Å². The Labute approximate surface area is 132 Å². The second kappa shape index (κ2) is 5.98. The Kier molecular flexibility index (Phi) is 4.04. The number of fused-ring (bicyclic) bond motifs is 1. The molecular weight excluding hydrogens is 300 g/mol. The number of aromatic nitrogens is 1. The molecule has 1 atom stereocenters. The van der Waals surface area contributed by atoms with Gasteiger partial charge < -0.3 is 4.74 Å². The number of carbonyl (C=O) groups excluding carboxylic acids is 2. The number of imide groups is 1. The Morgan fingerprint density at radius 3 is 2.45 bits per heavy atom. The van der Waals surface area contributed by atoms with E-state index in [0.717, 1.165) is 5.01 Å². The molecule has 0 saturated heterocycles. The average Bonchev–Trinajstić information content (AvgIpc) is 3.08. The monoisotopic (exact) mass is 316 g/mol. The Bertz CT molecular complexity index is 691. The van der Waals surface area contributed by atoms with Crippen LogP contribution in [-0.4, -0.2) is 28.3 Å². The molecule has 22 heavy (non-hydrogen) atoms. The van der Waals surface area contributed by atoms with Crippen molar-refractivity contribution in [2.75, 3.05) is 6.61 Å². The van der Waals surface area contributed by atoms with Gasteiger partial charge in [-0.05, 0) is 26.0 Å². The number of thiazole rings is 1. The summed E-state index contributed by atoms with van der Waals surface area (Å²) >= 11 is 1.48. The highest BCUT2D eigenvalue weighted by Gasteiger charge is 2.35. The molecule has 2 aromatic rings. The van der Waals surface area contributed by atoms with Gasteiger partial charge in [-0.25, -0.2) is 4.98 Å². The van der Waals surface area contributed by atoms with Crippen LogP contribution in [0.1, 0.15) is 51.4 Å². The Balaban J connectivity index is 1.78. The topological polar surface area (TPSA) is 59.5 Å². The minimum absolute atomic E-state index is 0.0778. The second-order valence-electron chi connectivity index (χ2n) is 5.02. The lowest BCUT2D eigenvalue weighted by Gasteiger charge is -2.12. The second-order valence-corrected chi connectivity index (χ2v) is 5.91. The molecule has 5 nitrogen and oxygen atoms in total. The van der Waals surface area contributed by atoms with E-state index >= 15 is 0 Å². The number of rotatable bonds is 5. The molecule has 0 radical (unpaired) electrons. The predicted molar refractivity (Wildman–Crippen MR) is 82.8 cm³/mol. The molecule has 6 heteroatoms. The first-order chi connectivity index (χ1) is 10.6. The number of benzene rings is 1. The lowest BCUT2D eigenvalue weighted by Crippen LogP contribution is -2.29. The van der Waals surface area contributed by atoms with E-state index in [0.29, 0.717) is 23.4 Å². The fourth-order valence-corrected chi connectivity index (χ4v) is 3.26. The minimum Gasteiger partial charge on any atom is -0.372 e. The zero-order chi connectivity index (χ0) is 15.7. The summed E-state index contributed by atoms with van der Waals surface area (Å²) in [6.45, 7) is 4.69. The highest BCUT2D eigenvalue weighted by molar-refractivity contribution is 7.09. The highest BCUT2D eigenvalue weighted by atomic mass is 32.1. The van der Waals surface area contributed by atoms with E-state index in [1.54, 1.807) is 24.3 Å². The minimum atomic E-state index is -0.256. The molecular formula is C16H16N2O3S. The van der Waals surface area contributed by atoms with Gasteiger partial charge in [0.15, 0.2) is 0 Å². The van der Waals surface area contributed by atoms with Crippen molar-refractivity contribution in [3.8, 4) is 0 Å². The number of hydrogen-bond acceptors (Lipinski definition) is 5. The smallest absolute Gasteiger partial charge is 0.261 e. The largest absolute Gasteiger partial charge is 0.372 e. The summed E-state index contributed by atoms with van der Waals surface area (Å²) in [7, 11) is 0. The lowest BCUT2D eigenvalue weighted by atomic mass is 10.1. The van der Waals surface area contributed by atoms with Crippen LogP contribution in [0.3, 0.4) is 0 Å².